The van der Waals surface area contributed by atoms with E-state index in [1.165, 1.54) is 0 Å². The van der Waals surface area contributed by atoms with Crippen molar-refractivity contribution in [1.29, 1.82) is 0 Å². The van der Waals surface area contributed by atoms with E-state index in [9.17, 15) is 9.59 Å². The maximum absolute atomic E-state index is 13.6. The number of amides is 3. The van der Waals surface area contributed by atoms with Crippen molar-refractivity contribution < 1.29 is 14.3 Å². The van der Waals surface area contributed by atoms with Crippen molar-refractivity contribution in [3.05, 3.63) is 30.5 Å². The van der Waals surface area contributed by atoms with Crippen LogP contribution in [0.15, 0.2) is 30.5 Å². The van der Waals surface area contributed by atoms with Gasteiger partial charge in [-0.15, -0.1) is 0 Å². The van der Waals surface area contributed by atoms with Crippen molar-refractivity contribution in [3.8, 4) is 11.4 Å². The largest absolute Gasteiger partial charge is 0.374 e. The molecule has 3 aliphatic rings. The molecule has 0 radical (unpaired) electrons. The highest BCUT2D eigenvalue weighted by Crippen LogP contribution is 2.45. The normalized spacial score (nSPS) is 24.6. The summed E-state index contributed by atoms with van der Waals surface area (Å²) in [6.45, 7) is 5.77. The van der Waals surface area contributed by atoms with Crippen molar-refractivity contribution >= 4 is 29.1 Å². The summed E-state index contributed by atoms with van der Waals surface area (Å²) in [5, 5.41) is 5.28. The molecular formula is C23H28N6O3. The van der Waals surface area contributed by atoms with Crippen LogP contribution in [0.1, 0.15) is 26.7 Å². The lowest BCUT2D eigenvalue weighted by molar-refractivity contribution is -0.132. The standard InChI is InChI=1S/C23H28N6O3/c1-14-23(2)21(30)28(13-15-4-5-15)18-12-25-19(27-20(18)29(23)10-11-32-14)16-6-8-17(9-7-16)26-22(31)24-3/h6-9,12,14-15H,4-5,10-11,13H2,1-3H3,(H2,24,26,31)/t14-,23-/m0/s1. The number of benzene rings is 1. The van der Waals surface area contributed by atoms with Crippen LogP contribution in [-0.2, 0) is 9.53 Å². The monoisotopic (exact) mass is 436 g/mol. The molecule has 2 fully saturated rings. The van der Waals surface area contributed by atoms with Crippen LogP contribution in [-0.4, -0.2) is 60.3 Å². The number of urea groups is 1. The minimum atomic E-state index is -0.799. The van der Waals surface area contributed by atoms with Crippen molar-refractivity contribution in [3.63, 3.8) is 0 Å². The van der Waals surface area contributed by atoms with E-state index in [1.807, 2.05) is 43.0 Å². The topological polar surface area (TPSA) is 99.7 Å². The number of ether oxygens (including phenoxy) is 1. The number of anilines is 3. The van der Waals surface area contributed by atoms with Gasteiger partial charge in [0.05, 0.1) is 18.9 Å². The van der Waals surface area contributed by atoms with E-state index in [2.05, 4.69) is 20.5 Å². The lowest BCUT2D eigenvalue weighted by atomic mass is 9.87. The lowest BCUT2D eigenvalue weighted by Crippen LogP contribution is -2.70. The molecule has 1 aliphatic carbocycles. The molecule has 2 atom stereocenters. The molecular weight excluding hydrogens is 408 g/mol. The number of rotatable bonds is 4. The Kier molecular flexibility index (Phi) is 5.00. The van der Waals surface area contributed by atoms with Crippen LogP contribution in [0, 0.1) is 5.92 Å². The minimum Gasteiger partial charge on any atom is -0.374 e. The van der Waals surface area contributed by atoms with Gasteiger partial charge in [0.2, 0.25) is 0 Å². The van der Waals surface area contributed by atoms with Gasteiger partial charge in [0, 0.05) is 31.4 Å². The molecule has 1 aromatic carbocycles. The number of nitrogens with zero attached hydrogens (tertiary/aromatic N) is 4. The third kappa shape index (κ3) is 3.37. The first kappa shape index (κ1) is 20.7. The molecule has 3 amide bonds. The second-order valence-electron chi connectivity index (χ2n) is 8.86. The number of hydrogen-bond donors (Lipinski definition) is 2. The fourth-order valence-electron chi connectivity index (χ4n) is 4.46. The van der Waals surface area contributed by atoms with Gasteiger partial charge in [-0.3, -0.25) is 4.79 Å². The van der Waals surface area contributed by atoms with Crippen molar-refractivity contribution in [2.24, 2.45) is 5.92 Å². The maximum atomic E-state index is 13.6. The Balaban J connectivity index is 1.53. The molecule has 9 heteroatoms. The zero-order chi connectivity index (χ0) is 22.5. The van der Waals surface area contributed by atoms with Crippen LogP contribution in [0.5, 0.6) is 0 Å². The van der Waals surface area contributed by atoms with Crippen LogP contribution in [0.4, 0.5) is 22.0 Å². The smallest absolute Gasteiger partial charge is 0.318 e. The first-order valence-corrected chi connectivity index (χ1v) is 11.1. The summed E-state index contributed by atoms with van der Waals surface area (Å²) in [4.78, 5) is 38.7. The van der Waals surface area contributed by atoms with E-state index in [1.54, 1.807) is 13.2 Å². The molecule has 0 bridgehead atoms. The zero-order valence-electron chi connectivity index (χ0n) is 18.6. The Hall–Kier alpha value is -3.20. The SMILES string of the molecule is CNC(=O)Nc1ccc(-c2ncc3c(n2)N2CCO[C@@H](C)[C@@]2(C)C(=O)N3CC2CC2)cc1. The summed E-state index contributed by atoms with van der Waals surface area (Å²) < 4.78 is 5.90. The summed E-state index contributed by atoms with van der Waals surface area (Å²) in [6, 6.07) is 7.12. The van der Waals surface area contributed by atoms with Gasteiger partial charge in [-0.05, 0) is 56.9 Å². The van der Waals surface area contributed by atoms with Crippen LogP contribution in [0.3, 0.4) is 0 Å². The average Bonchev–Trinajstić information content (AvgIpc) is 3.62. The van der Waals surface area contributed by atoms with Crippen LogP contribution in [0.25, 0.3) is 11.4 Å². The molecule has 32 heavy (non-hydrogen) atoms. The fraction of sp³-hybridized carbons (Fsp3) is 0.478. The number of morpholine rings is 1. The minimum absolute atomic E-state index is 0.0603. The molecule has 3 heterocycles. The molecule has 0 unspecified atom stereocenters. The number of carbonyl (C=O) groups excluding carboxylic acids is 2. The molecule has 1 saturated carbocycles. The van der Waals surface area contributed by atoms with Crippen molar-refractivity contribution in [2.75, 3.05) is 41.9 Å². The zero-order valence-corrected chi connectivity index (χ0v) is 18.6. The summed E-state index contributed by atoms with van der Waals surface area (Å²) in [7, 11) is 1.57. The quantitative estimate of drug-likeness (QED) is 0.764. The lowest BCUT2D eigenvalue weighted by Gasteiger charge is -2.53. The highest BCUT2D eigenvalue weighted by Gasteiger charge is 2.55. The second-order valence-corrected chi connectivity index (χ2v) is 8.86. The second kappa shape index (κ2) is 7.74. The predicted molar refractivity (Wildman–Crippen MR) is 122 cm³/mol. The fourth-order valence-corrected chi connectivity index (χ4v) is 4.46. The van der Waals surface area contributed by atoms with Gasteiger partial charge >= 0.3 is 6.03 Å². The van der Waals surface area contributed by atoms with Crippen LogP contribution in [0.2, 0.25) is 0 Å². The highest BCUT2D eigenvalue weighted by molar-refractivity contribution is 6.08. The summed E-state index contributed by atoms with van der Waals surface area (Å²) >= 11 is 0. The van der Waals surface area contributed by atoms with E-state index >= 15 is 0 Å². The number of aromatic nitrogens is 2. The third-order valence-electron chi connectivity index (χ3n) is 6.78. The first-order chi connectivity index (χ1) is 15.4. The Morgan fingerprint density at radius 3 is 2.72 bits per heavy atom. The van der Waals surface area contributed by atoms with Crippen LogP contribution >= 0.6 is 0 Å². The highest BCUT2D eigenvalue weighted by atomic mass is 16.5. The Morgan fingerprint density at radius 1 is 1.28 bits per heavy atom. The predicted octanol–water partition coefficient (Wildman–Crippen LogP) is 2.64. The third-order valence-corrected chi connectivity index (χ3v) is 6.78. The van der Waals surface area contributed by atoms with Gasteiger partial charge < -0.3 is 25.2 Å². The van der Waals surface area contributed by atoms with Gasteiger partial charge in [-0.25, -0.2) is 14.8 Å². The number of nitrogens with one attached hydrogen (secondary N) is 2. The van der Waals surface area contributed by atoms with E-state index in [-0.39, 0.29) is 18.0 Å². The number of carbonyl (C=O) groups is 2. The van der Waals surface area contributed by atoms with Crippen LogP contribution < -0.4 is 20.4 Å². The number of hydrogen-bond acceptors (Lipinski definition) is 6. The summed E-state index contributed by atoms with van der Waals surface area (Å²) in [5.74, 6) is 1.96. The summed E-state index contributed by atoms with van der Waals surface area (Å²) in [5.41, 5.74) is 1.49. The molecule has 1 saturated heterocycles. The van der Waals surface area contributed by atoms with Gasteiger partial charge in [0.1, 0.15) is 11.2 Å². The Labute approximate surface area is 187 Å². The molecule has 5 rings (SSSR count). The van der Waals surface area contributed by atoms with E-state index in [4.69, 9.17) is 9.72 Å². The molecule has 2 aliphatic heterocycles. The Bertz CT molecular complexity index is 1050. The van der Waals surface area contributed by atoms with E-state index < -0.39 is 5.54 Å². The van der Waals surface area contributed by atoms with E-state index in [0.717, 1.165) is 29.9 Å². The maximum Gasteiger partial charge on any atom is 0.318 e. The van der Waals surface area contributed by atoms with Gasteiger partial charge in [-0.1, -0.05) is 0 Å². The van der Waals surface area contributed by atoms with Crippen molar-refractivity contribution in [1.82, 2.24) is 15.3 Å². The molecule has 2 N–H and O–H groups in total. The number of fused-ring (bicyclic) bond motifs is 3. The van der Waals surface area contributed by atoms with Gasteiger partial charge in [0.15, 0.2) is 11.6 Å². The molecule has 0 spiro atoms. The van der Waals surface area contributed by atoms with Gasteiger partial charge in [-0.2, -0.15) is 0 Å². The molecule has 9 nitrogen and oxygen atoms in total. The Morgan fingerprint density at radius 2 is 2.03 bits per heavy atom. The van der Waals surface area contributed by atoms with Crippen molar-refractivity contribution in [2.45, 2.75) is 38.3 Å². The molecule has 2 aromatic rings. The average molecular weight is 437 g/mol. The first-order valence-electron chi connectivity index (χ1n) is 11.1. The van der Waals surface area contributed by atoms with Gasteiger partial charge in [0.25, 0.3) is 5.91 Å². The summed E-state index contributed by atoms with van der Waals surface area (Å²) in [6.07, 6.45) is 3.84. The molecule has 168 valence electrons. The van der Waals surface area contributed by atoms with E-state index in [0.29, 0.717) is 37.1 Å². The molecule has 1 aromatic heterocycles.